The zero-order valence-electron chi connectivity index (χ0n) is 11.1. The first kappa shape index (κ1) is 13.6. The number of anilines is 2. The van der Waals surface area contributed by atoms with E-state index in [0.717, 1.165) is 20.9 Å². The quantitative estimate of drug-likeness (QED) is 0.677. The van der Waals surface area contributed by atoms with Gasteiger partial charge in [-0.3, -0.25) is 4.79 Å². The number of carbonyl (C=O) groups is 1. The number of fused-ring (bicyclic) bond motifs is 1. The highest BCUT2D eigenvalue weighted by molar-refractivity contribution is 9.10. The molecule has 0 radical (unpaired) electrons. The topological polar surface area (TPSA) is 55.1 Å². The molecule has 0 saturated carbocycles. The van der Waals surface area contributed by atoms with Gasteiger partial charge in [-0.15, -0.1) is 0 Å². The number of rotatable bonds is 2. The highest BCUT2D eigenvalue weighted by Crippen LogP contribution is 2.22. The molecule has 0 aliphatic heterocycles. The molecule has 0 saturated heterocycles. The van der Waals surface area contributed by atoms with Gasteiger partial charge in [-0.05, 0) is 41.1 Å². The van der Waals surface area contributed by atoms with Gasteiger partial charge in [0.2, 0.25) is 0 Å². The summed E-state index contributed by atoms with van der Waals surface area (Å²) >= 11 is 3.35. The summed E-state index contributed by atoms with van der Waals surface area (Å²) in [6, 6.07) is 19.0. The van der Waals surface area contributed by atoms with Crippen LogP contribution in [0.1, 0.15) is 10.4 Å². The molecule has 104 valence electrons. The summed E-state index contributed by atoms with van der Waals surface area (Å²) in [5.74, 6) is -0.218. The molecule has 0 heterocycles. The van der Waals surface area contributed by atoms with Crippen LogP contribution in [0.15, 0.2) is 65.1 Å². The van der Waals surface area contributed by atoms with Crippen LogP contribution in [0.3, 0.4) is 0 Å². The molecule has 0 fully saturated rings. The van der Waals surface area contributed by atoms with Crippen molar-refractivity contribution < 1.29 is 4.79 Å². The molecule has 1 amide bonds. The number of nitrogens with two attached hydrogens (primary N) is 1. The summed E-state index contributed by atoms with van der Waals surface area (Å²) in [4.78, 5) is 12.3. The molecular weight excluding hydrogens is 328 g/mol. The molecule has 3 N–H and O–H groups in total. The average Bonchev–Trinajstić information content (AvgIpc) is 2.49. The van der Waals surface area contributed by atoms with Crippen molar-refractivity contribution in [2.24, 2.45) is 0 Å². The summed E-state index contributed by atoms with van der Waals surface area (Å²) in [6.07, 6.45) is 0. The van der Waals surface area contributed by atoms with Crippen molar-refractivity contribution in [2.45, 2.75) is 0 Å². The van der Waals surface area contributed by atoms with E-state index in [1.807, 2.05) is 48.5 Å². The fourth-order valence-corrected chi connectivity index (χ4v) is 2.55. The number of carbonyl (C=O) groups excluding carboxylic acids is 1. The Morgan fingerprint density at radius 2 is 1.71 bits per heavy atom. The van der Waals surface area contributed by atoms with Crippen molar-refractivity contribution in [2.75, 3.05) is 11.1 Å². The number of hydrogen-bond acceptors (Lipinski definition) is 2. The smallest absolute Gasteiger partial charge is 0.257 e. The summed E-state index contributed by atoms with van der Waals surface area (Å²) in [7, 11) is 0. The Hall–Kier alpha value is -2.33. The molecule has 3 nitrogen and oxygen atoms in total. The molecule has 3 aromatic rings. The molecule has 4 heteroatoms. The van der Waals surface area contributed by atoms with E-state index in [1.54, 1.807) is 12.1 Å². The summed E-state index contributed by atoms with van der Waals surface area (Å²) in [5.41, 5.74) is 7.51. The van der Waals surface area contributed by atoms with Crippen molar-refractivity contribution in [3.63, 3.8) is 0 Å². The SMILES string of the molecule is Nc1ccc(Br)cc1C(=O)Nc1ccc2ccccc2c1. The number of hydrogen-bond donors (Lipinski definition) is 2. The summed E-state index contributed by atoms with van der Waals surface area (Å²) in [5, 5.41) is 5.10. The third-order valence-corrected chi connectivity index (χ3v) is 3.76. The largest absolute Gasteiger partial charge is 0.398 e. The zero-order valence-corrected chi connectivity index (χ0v) is 12.7. The molecule has 21 heavy (non-hydrogen) atoms. The Balaban J connectivity index is 1.90. The van der Waals surface area contributed by atoms with Crippen LogP contribution in [-0.4, -0.2) is 5.91 Å². The van der Waals surface area contributed by atoms with Gasteiger partial charge in [0.05, 0.1) is 5.56 Å². The van der Waals surface area contributed by atoms with Crippen LogP contribution in [0.5, 0.6) is 0 Å². The van der Waals surface area contributed by atoms with Crippen molar-refractivity contribution in [1.29, 1.82) is 0 Å². The van der Waals surface area contributed by atoms with E-state index in [-0.39, 0.29) is 5.91 Å². The van der Waals surface area contributed by atoms with Crippen molar-refractivity contribution in [3.05, 3.63) is 70.7 Å². The maximum atomic E-state index is 12.3. The lowest BCUT2D eigenvalue weighted by atomic mass is 10.1. The second kappa shape index (κ2) is 5.58. The molecule has 0 bridgehead atoms. The van der Waals surface area contributed by atoms with Crippen molar-refractivity contribution in [1.82, 2.24) is 0 Å². The maximum absolute atomic E-state index is 12.3. The minimum Gasteiger partial charge on any atom is -0.398 e. The van der Waals surface area contributed by atoms with Crippen LogP contribution in [0.25, 0.3) is 10.8 Å². The fraction of sp³-hybridized carbons (Fsp3) is 0. The lowest BCUT2D eigenvalue weighted by Crippen LogP contribution is -2.14. The highest BCUT2D eigenvalue weighted by atomic mass is 79.9. The zero-order chi connectivity index (χ0) is 14.8. The normalized spacial score (nSPS) is 10.5. The van der Waals surface area contributed by atoms with Crippen LogP contribution < -0.4 is 11.1 Å². The van der Waals surface area contributed by atoms with Crippen LogP contribution in [0, 0.1) is 0 Å². The molecule has 3 aromatic carbocycles. The number of amides is 1. The van der Waals surface area contributed by atoms with Gasteiger partial charge in [0.25, 0.3) is 5.91 Å². The Labute approximate surface area is 130 Å². The predicted octanol–water partition coefficient (Wildman–Crippen LogP) is 4.44. The van der Waals surface area contributed by atoms with E-state index >= 15 is 0 Å². The van der Waals surface area contributed by atoms with Crippen LogP contribution >= 0.6 is 15.9 Å². The van der Waals surface area contributed by atoms with E-state index in [9.17, 15) is 4.79 Å². The van der Waals surface area contributed by atoms with E-state index in [0.29, 0.717) is 11.3 Å². The maximum Gasteiger partial charge on any atom is 0.257 e. The van der Waals surface area contributed by atoms with Crippen molar-refractivity contribution >= 4 is 44.0 Å². The number of benzene rings is 3. The van der Waals surface area contributed by atoms with Crippen LogP contribution in [0.4, 0.5) is 11.4 Å². The third kappa shape index (κ3) is 2.90. The van der Waals surface area contributed by atoms with E-state index in [1.165, 1.54) is 0 Å². The third-order valence-electron chi connectivity index (χ3n) is 3.27. The Bertz CT molecular complexity index is 830. The monoisotopic (exact) mass is 340 g/mol. The minimum atomic E-state index is -0.218. The molecule has 0 aliphatic rings. The Kier molecular flexibility index (Phi) is 3.62. The molecular formula is C17H13BrN2O. The highest BCUT2D eigenvalue weighted by Gasteiger charge is 2.10. The fourth-order valence-electron chi connectivity index (χ4n) is 2.19. The Morgan fingerprint density at radius 1 is 0.952 bits per heavy atom. The Morgan fingerprint density at radius 3 is 2.52 bits per heavy atom. The van der Waals surface area contributed by atoms with E-state index < -0.39 is 0 Å². The molecule has 0 atom stereocenters. The van der Waals surface area contributed by atoms with Crippen LogP contribution in [-0.2, 0) is 0 Å². The molecule has 0 aromatic heterocycles. The molecule has 0 unspecified atom stereocenters. The standard InChI is InChI=1S/C17H13BrN2O/c18-13-6-8-16(19)15(10-13)17(21)20-14-7-5-11-3-1-2-4-12(11)9-14/h1-10H,19H2,(H,20,21). The van der Waals surface area contributed by atoms with Gasteiger partial charge in [0.1, 0.15) is 0 Å². The van der Waals surface area contributed by atoms with Gasteiger partial charge in [-0.2, -0.15) is 0 Å². The number of nitrogen functional groups attached to an aromatic ring is 1. The van der Waals surface area contributed by atoms with Gasteiger partial charge in [-0.25, -0.2) is 0 Å². The second-order valence-electron chi connectivity index (χ2n) is 4.75. The molecule has 0 spiro atoms. The first-order valence-electron chi connectivity index (χ1n) is 6.49. The van der Waals surface area contributed by atoms with Gasteiger partial charge in [-0.1, -0.05) is 46.3 Å². The predicted molar refractivity (Wildman–Crippen MR) is 90.5 cm³/mol. The van der Waals surface area contributed by atoms with Crippen molar-refractivity contribution in [3.8, 4) is 0 Å². The number of nitrogens with one attached hydrogen (secondary N) is 1. The average molecular weight is 341 g/mol. The summed E-state index contributed by atoms with van der Waals surface area (Å²) < 4.78 is 0.820. The van der Waals surface area contributed by atoms with E-state index in [2.05, 4.69) is 21.2 Å². The van der Waals surface area contributed by atoms with Gasteiger partial charge in [0.15, 0.2) is 0 Å². The number of halogens is 1. The lowest BCUT2D eigenvalue weighted by Gasteiger charge is -2.09. The first-order valence-corrected chi connectivity index (χ1v) is 7.28. The van der Waals surface area contributed by atoms with E-state index in [4.69, 9.17) is 5.73 Å². The van der Waals surface area contributed by atoms with Gasteiger partial charge in [0, 0.05) is 15.8 Å². The lowest BCUT2D eigenvalue weighted by molar-refractivity contribution is 0.102. The van der Waals surface area contributed by atoms with Crippen LogP contribution in [0.2, 0.25) is 0 Å². The second-order valence-corrected chi connectivity index (χ2v) is 5.66. The first-order chi connectivity index (χ1) is 10.1. The van der Waals surface area contributed by atoms with Gasteiger partial charge >= 0.3 is 0 Å². The van der Waals surface area contributed by atoms with Gasteiger partial charge < -0.3 is 11.1 Å². The summed E-state index contributed by atoms with van der Waals surface area (Å²) in [6.45, 7) is 0. The minimum absolute atomic E-state index is 0.218. The molecule has 0 aliphatic carbocycles. The molecule has 3 rings (SSSR count).